The Morgan fingerprint density at radius 2 is 2.31 bits per heavy atom. The molecule has 68 valence electrons. The van der Waals surface area contributed by atoms with Crippen molar-refractivity contribution in [1.82, 2.24) is 0 Å². The molecular formula is C9H8ClNO2. The fourth-order valence-corrected chi connectivity index (χ4v) is 1.35. The Morgan fingerprint density at radius 1 is 1.46 bits per heavy atom. The zero-order valence-corrected chi connectivity index (χ0v) is 7.58. The fourth-order valence-electron chi connectivity index (χ4n) is 1.18. The first kappa shape index (κ1) is 8.38. The van der Waals surface area contributed by atoms with Gasteiger partial charge < -0.3 is 9.84 Å². The van der Waals surface area contributed by atoms with Crippen LogP contribution in [0.1, 0.15) is 5.56 Å². The summed E-state index contributed by atoms with van der Waals surface area (Å²) in [5.74, 6) is 0.599. The monoisotopic (exact) mass is 197 g/mol. The van der Waals surface area contributed by atoms with Crippen LogP contribution in [0.3, 0.4) is 0 Å². The van der Waals surface area contributed by atoms with Gasteiger partial charge in [-0.15, -0.1) is 0 Å². The van der Waals surface area contributed by atoms with Gasteiger partial charge in [-0.2, -0.15) is 0 Å². The van der Waals surface area contributed by atoms with Gasteiger partial charge in [-0.3, -0.25) is 0 Å². The van der Waals surface area contributed by atoms with E-state index >= 15 is 0 Å². The highest BCUT2D eigenvalue weighted by molar-refractivity contribution is 6.30. The number of hydrogen-bond donors (Lipinski definition) is 1. The first-order valence-corrected chi connectivity index (χ1v) is 4.31. The van der Waals surface area contributed by atoms with Crippen molar-refractivity contribution in [3.63, 3.8) is 0 Å². The smallest absolute Gasteiger partial charge is 0.220 e. The fraction of sp³-hybridized carbons (Fsp3) is 0.222. The highest BCUT2D eigenvalue weighted by Gasteiger charge is 2.14. The number of phenolic OH excluding ortho intramolecular Hbond substituents is 1. The predicted molar refractivity (Wildman–Crippen MR) is 50.5 cm³/mol. The number of aliphatic imine (C=N–C) groups is 1. The van der Waals surface area contributed by atoms with Crippen molar-refractivity contribution >= 4 is 17.5 Å². The Kier molecular flexibility index (Phi) is 2.10. The van der Waals surface area contributed by atoms with Gasteiger partial charge in [0, 0.05) is 5.02 Å². The third-order valence-corrected chi connectivity index (χ3v) is 2.01. The molecule has 1 aromatic carbocycles. The summed E-state index contributed by atoms with van der Waals surface area (Å²) in [6.07, 6.45) is 0. The van der Waals surface area contributed by atoms with Crippen LogP contribution in [0, 0.1) is 0 Å². The van der Waals surface area contributed by atoms with Gasteiger partial charge in [0.25, 0.3) is 0 Å². The summed E-state index contributed by atoms with van der Waals surface area (Å²) >= 11 is 5.68. The summed E-state index contributed by atoms with van der Waals surface area (Å²) in [5.41, 5.74) is 0.599. The van der Waals surface area contributed by atoms with Crippen LogP contribution >= 0.6 is 11.6 Å². The largest absolute Gasteiger partial charge is 0.507 e. The second-order valence-electron chi connectivity index (χ2n) is 2.70. The van der Waals surface area contributed by atoms with E-state index in [2.05, 4.69) is 4.99 Å². The van der Waals surface area contributed by atoms with Gasteiger partial charge in [-0.1, -0.05) is 11.6 Å². The molecule has 3 nitrogen and oxygen atoms in total. The first-order valence-electron chi connectivity index (χ1n) is 3.93. The van der Waals surface area contributed by atoms with Crippen molar-refractivity contribution < 1.29 is 9.84 Å². The van der Waals surface area contributed by atoms with E-state index in [-0.39, 0.29) is 5.75 Å². The standard InChI is InChI=1S/C9H8ClNO2/c10-6-1-2-7(8(12)5-6)9-11-3-4-13-9/h1-2,5,12H,3-4H2. The minimum Gasteiger partial charge on any atom is -0.507 e. The van der Waals surface area contributed by atoms with Crippen LogP contribution in [0.4, 0.5) is 0 Å². The molecule has 4 heteroatoms. The Morgan fingerprint density at radius 3 is 2.92 bits per heavy atom. The van der Waals surface area contributed by atoms with Gasteiger partial charge in [-0.05, 0) is 18.2 Å². The third kappa shape index (κ3) is 1.60. The maximum Gasteiger partial charge on any atom is 0.220 e. The lowest BCUT2D eigenvalue weighted by molar-refractivity contribution is 0.346. The molecule has 1 N–H and O–H groups in total. The quantitative estimate of drug-likeness (QED) is 0.746. The molecule has 0 saturated heterocycles. The molecule has 0 fully saturated rings. The molecule has 0 aliphatic carbocycles. The highest BCUT2D eigenvalue weighted by Crippen LogP contribution is 2.23. The summed E-state index contributed by atoms with van der Waals surface area (Å²) in [5, 5.41) is 10.0. The minimum absolute atomic E-state index is 0.105. The number of ether oxygens (including phenoxy) is 1. The van der Waals surface area contributed by atoms with Gasteiger partial charge in [0.1, 0.15) is 12.4 Å². The van der Waals surface area contributed by atoms with E-state index in [1.807, 2.05) is 0 Å². The average molecular weight is 198 g/mol. The number of rotatable bonds is 1. The molecule has 0 radical (unpaired) electrons. The minimum atomic E-state index is 0.105. The van der Waals surface area contributed by atoms with Gasteiger partial charge >= 0.3 is 0 Å². The summed E-state index contributed by atoms with van der Waals surface area (Å²) < 4.78 is 5.21. The summed E-state index contributed by atoms with van der Waals surface area (Å²) in [7, 11) is 0. The number of hydrogen-bond acceptors (Lipinski definition) is 3. The molecule has 0 spiro atoms. The average Bonchev–Trinajstić information content (AvgIpc) is 2.56. The molecule has 0 atom stereocenters. The van der Waals surface area contributed by atoms with Gasteiger partial charge in [0.05, 0.1) is 12.1 Å². The molecule has 13 heavy (non-hydrogen) atoms. The van der Waals surface area contributed by atoms with Crippen LogP contribution < -0.4 is 0 Å². The van der Waals surface area contributed by atoms with Gasteiger partial charge in [0.15, 0.2) is 0 Å². The number of nitrogens with zero attached hydrogens (tertiary/aromatic N) is 1. The van der Waals surface area contributed by atoms with Crippen LogP contribution in [-0.4, -0.2) is 24.2 Å². The van der Waals surface area contributed by atoms with E-state index in [1.165, 1.54) is 6.07 Å². The molecule has 1 aliphatic heterocycles. The number of phenols is 1. The molecule has 2 rings (SSSR count). The van der Waals surface area contributed by atoms with Crippen molar-refractivity contribution in [3.05, 3.63) is 28.8 Å². The van der Waals surface area contributed by atoms with Gasteiger partial charge in [-0.25, -0.2) is 4.99 Å². The van der Waals surface area contributed by atoms with Crippen LogP contribution in [0.2, 0.25) is 5.02 Å². The molecular weight excluding hydrogens is 190 g/mol. The summed E-state index contributed by atoms with van der Waals surface area (Å²) in [6, 6.07) is 4.86. The van der Waals surface area contributed by atoms with E-state index in [9.17, 15) is 5.11 Å². The Bertz CT molecular complexity index is 363. The second kappa shape index (κ2) is 3.26. The number of benzene rings is 1. The van der Waals surface area contributed by atoms with E-state index in [0.717, 1.165) is 0 Å². The van der Waals surface area contributed by atoms with Crippen molar-refractivity contribution in [2.24, 2.45) is 4.99 Å². The topological polar surface area (TPSA) is 41.8 Å². The van der Waals surface area contributed by atoms with Crippen molar-refractivity contribution in [1.29, 1.82) is 0 Å². The third-order valence-electron chi connectivity index (χ3n) is 1.78. The molecule has 1 aliphatic rings. The molecule has 0 aromatic heterocycles. The second-order valence-corrected chi connectivity index (χ2v) is 3.13. The number of halogens is 1. The molecule has 0 saturated carbocycles. The Balaban J connectivity index is 2.40. The molecule has 0 unspecified atom stereocenters. The lowest BCUT2D eigenvalue weighted by Gasteiger charge is -2.03. The first-order chi connectivity index (χ1) is 6.27. The van der Waals surface area contributed by atoms with Crippen molar-refractivity contribution in [2.75, 3.05) is 13.2 Å². The Labute approximate surface area is 80.6 Å². The van der Waals surface area contributed by atoms with Crippen molar-refractivity contribution in [2.45, 2.75) is 0 Å². The van der Waals surface area contributed by atoms with Gasteiger partial charge in [0.2, 0.25) is 5.90 Å². The van der Waals surface area contributed by atoms with E-state index in [0.29, 0.717) is 29.6 Å². The molecule has 1 aromatic rings. The van der Waals surface area contributed by atoms with Crippen LogP contribution in [-0.2, 0) is 4.74 Å². The number of aromatic hydroxyl groups is 1. The van der Waals surface area contributed by atoms with E-state index < -0.39 is 0 Å². The van der Waals surface area contributed by atoms with Crippen LogP contribution in [0.15, 0.2) is 23.2 Å². The zero-order valence-electron chi connectivity index (χ0n) is 6.83. The molecule has 0 amide bonds. The maximum absolute atomic E-state index is 9.51. The van der Waals surface area contributed by atoms with Crippen molar-refractivity contribution in [3.8, 4) is 5.75 Å². The predicted octanol–water partition coefficient (Wildman–Crippen LogP) is 1.82. The molecule has 0 bridgehead atoms. The summed E-state index contributed by atoms with van der Waals surface area (Å²) in [4.78, 5) is 4.09. The van der Waals surface area contributed by atoms with E-state index in [4.69, 9.17) is 16.3 Å². The van der Waals surface area contributed by atoms with Crippen LogP contribution in [0.25, 0.3) is 0 Å². The highest BCUT2D eigenvalue weighted by atomic mass is 35.5. The normalized spacial score (nSPS) is 15.3. The molecule has 1 heterocycles. The van der Waals surface area contributed by atoms with Crippen LogP contribution in [0.5, 0.6) is 5.75 Å². The lowest BCUT2D eigenvalue weighted by Crippen LogP contribution is -2.00. The Hall–Kier alpha value is -1.22. The van der Waals surface area contributed by atoms with E-state index in [1.54, 1.807) is 12.1 Å². The lowest BCUT2D eigenvalue weighted by atomic mass is 10.2. The maximum atomic E-state index is 9.51. The zero-order chi connectivity index (χ0) is 9.26. The summed E-state index contributed by atoms with van der Waals surface area (Å²) in [6.45, 7) is 1.23. The SMILES string of the molecule is Oc1cc(Cl)ccc1C1=NCCO1.